The van der Waals surface area contributed by atoms with Crippen molar-refractivity contribution in [1.82, 2.24) is 10.6 Å². The molecule has 1 aromatic rings. The monoisotopic (exact) mass is 394 g/mol. The van der Waals surface area contributed by atoms with Gasteiger partial charge in [0, 0.05) is 31.1 Å². The average molecular weight is 394 g/mol. The van der Waals surface area contributed by atoms with Gasteiger partial charge in [-0.25, -0.2) is 13.2 Å². The fourth-order valence-electron chi connectivity index (χ4n) is 6.23. The van der Waals surface area contributed by atoms with Gasteiger partial charge in [-0.2, -0.15) is 0 Å². The molecule has 4 saturated carbocycles. The largest absolute Gasteiger partial charge is 0.483 e. The van der Waals surface area contributed by atoms with Crippen LogP contribution in [0.1, 0.15) is 38.5 Å². The van der Waals surface area contributed by atoms with Crippen molar-refractivity contribution in [2.75, 3.05) is 6.54 Å². The maximum absolute atomic E-state index is 13.8. The molecule has 5 aliphatic rings. The van der Waals surface area contributed by atoms with Crippen LogP contribution in [0.2, 0.25) is 0 Å². The summed E-state index contributed by atoms with van der Waals surface area (Å²) in [6.07, 6.45) is 6.07. The summed E-state index contributed by atoms with van der Waals surface area (Å²) in [4.78, 5) is 12.8. The maximum Gasteiger partial charge on any atom is 0.237 e. The Labute approximate surface area is 162 Å². The van der Waals surface area contributed by atoms with Crippen LogP contribution in [-0.4, -0.2) is 30.6 Å². The summed E-state index contributed by atoms with van der Waals surface area (Å²) in [5, 5.41) is 6.36. The van der Waals surface area contributed by atoms with E-state index < -0.39 is 35.3 Å². The number of carbonyl (C=O) groups excluding carboxylic acids is 1. The molecule has 1 aliphatic heterocycles. The van der Waals surface area contributed by atoms with E-state index in [1.54, 1.807) is 0 Å². The van der Waals surface area contributed by atoms with Crippen molar-refractivity contribution in [2.45, 2.75) is 56.7 Å². The molecule has 1 amide bonds. The lowest BCUT2D eigenvalue weighted by molar-refractivity contribution is -0.126. The summed E-state index contributed by atoms with van der Waals surface area (Å²) in [7, 11) is 0. The van der Waals surface area contributed by atoms with Crippen molar-refractivity contribution in [3.05, 3.63) is 29.6 Å². The molecular formula is C21H25F3N2O2. The highest BCUT2D eigenvalue weighted by atomic mass is 19.1. The topological polar surface area (TPSA) is 50.4 Å². The molecule has 5 fully saturated rings. The zero-order valence-corrected chi connectivity index (χ0v) is 15.6. The molecule has 1 saturated heterocycles. The fourth-order valence-corrected chi connectivity index (χ4v) is 6.23. The molecule has 0 unspecified atom stereocenters. The molecule has 28 heavy (non-hydrogen) atoms. The van der Waals surface area contributed by atoms with E-state index in [-0.39, 0.29) is 11.9 Å². The number of ether oxygens (including phenoxy) is 1. The van der Waals surface area contributed by atoms with Crippen molar-refractivity contribution >= 4 is 5.91 Å². The number of nitrogens with one attached hydrogen (secondary N) is 2. The van der Waals surface area contributed by atoms with Crippen molar-refractivity contribution in [2.24, 2.45) is 23.7 Å². The lowest BCUT2D eigenvalue weighted by Crippen LogP contribution is -2.58. The molecule has 4 nitrogen and oxygen atoms in total. The van der Waals surface area contributed by atoms with E-state index in [1.165, 1.54) is 32.1 Å². The summed E-state index contributed by atoms with van der Waals surface area (Å²) in [6.45, 7) is 0.315. The molecule has 0 aromatic heterocycles. The summed E-state index contributed by atoms with van der Waals surface area (Å²) in [5.41, 5.74) is 0. The highest BCUT2D eigenvalue weighted by Gasteiger charge is 2.49. The first-order chi connectivity index (χ1) is 13.5. The molecule has 152 valence electrons. The molecule has 0 radical (unpaired) electrons. The smallest absolute Gasteiger partial charge is 0.237 e. The van der Waals surface area contributed by atoms with Crippen LogP contribution >= 0.6 is 0 Å². The van der Waals surface area contributed by atoms with Crippen LogP contribution in [0.4, 0.5) is 13.2 Å². The van der Waals surface area contributed by atoms with E-state index in [2.05, 4.69) is 10.6 Å². The molecule has 1 heterocycles. The minimum absolute atomic E-state index is 0.0522. The van der Waals surface area contributed by atoms with Gasteiger partial charge in [0.2, 0.25) is 5.91 Å². The number of benzene rings is 1. The molecular weight excluding hydrogens is 369 g/mol. The number of hydrogen-bond donors (Lipinski definition) is 2. The molecule has 0 spiro atoms. The van der Waals surface area contributed by atoms with Gasteiger partial charge >= 0.3 is 0 Å². The van der Waals surface area contributed by atoms with Gasteiger partial charge in [-0.1, -0.05) is 0 Å². The quantitative estimate of drug-likeness (QED) is 0.825. The molecule has 4 bridgehead atoms. The van der Waals surface area contributed by atoms with Crippen LogP contribution in [0.3, 0.4) is 0 Å². The number of amides is 1. The second kappa shape index (κ2) is 6.94. The van der Waals surface area contributed by atoms with E-state index in [0.717, 1.165) is 11.8 Å². The lowest BCUT2D eigenvalue weighted by Gasteiger charge is -2.54. The Morgan fingerprint density at radius 2 is 1.57 bits per heavy atom. The van der Waals surface area contributed by atoms with E-state index in [4.69, 9.17) is 4.74 Å². The third-order valence-electron chi connectivity index (χ3n) is 7.19. The maximum atomic E-state index is 13.8. The van der Waals surface area contributed by atoms with Crippen LogP contribution in [0.5, 0.6) is 5.75 Å². The van der Waals surface area contributed by atoms with Crippen molar-refractivity contribution in [3.63, 3.8) is 0 Å². The Morgan fingerprint density at radius 1 is 0.964 bits per heavy atom. The Balaban J connectivity index is 1.19. The molecule has 1 aromatic carbocycles. The van der Waals surface area contributed by atoms with Gasteiger partial charge in [-0.15, -0.1) is 0 Å². The van der Waals surface area contributed by atoms with Gasteiger partial charge in [0.15, 0.2) is 17.4 Å². The van der Waals surface area contributed by atoms with Gasteiger partial charge < -0.3 is 15.4 Å². The second-order valence-corrected chi connectivity index (χ2v) is 9.10. The Morgan fingerprint density at radius 3 is 2.18 bits per heavy atom. The first kappa shape index (κ1) is 18.3. The van der Waals surface area contributed by atoms with Gasteiger partial charge in [0.1, 0.15) is 11.9 Å². The van der Waals surface area contributed by atoms with Crippen LogP contribution in [0, 0.1) is 41.1 Å². The third-order valence-corrected chi connectivity index (χ3v) is 7.19. The highest BCUT2D eigenvalue weighted by Crippen LogP contribution is 2.53. The normalized spacial score (nSPS) is 38.6. The molecule has 2 atom stereocenters. The van der Waals surface area contributed by atoms with Crippen LogP contribution in [-0.2, 0) is 4.79 Å². The molecule has 7 heteroatoms. The van der Waals surface area contributed by atoms with Gasteiger partial charge in [-0.05, 0) is 55.8 Å². The van der Waals surface area contributed by atoms with Crippen molar-refractivity contribution in [3.8, 4) is 5.75 Å². The molecule has 4 aliphatic carbocycles. The standard InChI is InChI=1S/C21H25F3N2O2/c22-14-6-16(23)20(17(24)7-14)28-15-8-18(25-9-15)21(27)26-19-12-2-10-1-11(4-12)5-13(19)3-10/h6-7,10-13,15,18-19,25H,1-5,8-9H2,(H,26,27)/t10?,11?,12?,13?,15-,18-,19?/m0/s1. The SMILES string of the molecule is O=C(NC1C2CC3CC(C2)CC1C3)[C@@H]1C[C@H](Oc2c(F)cc(F)cc2F)CN1. The van der Waals surface area contributed by atoms with Gasteiger partial charge in [0.05, 0.1) is 6.04 Å². The minimum Gasteiger partial charge on any atom is -0.483 e. The highest BCUT2D eigenvalue weighted by molar-refractivity contribution is 5.82. The zero-order chi connectivity index (χ0) is 19.4. The van der Waals surface area contributed by atoms with Crippen molar-refractivity contribution < 1.29 is 22.7 Å². The number of halogens is 3. The van der Waals surface area contributed by atoms with Gasteiger partial charge in [0.25, 0.3) is 0 Å². The second-order valence-electron chi connectivity index (χ2n) is 9.10. The summed E-state index contributed by atoms with van der Waals surface area (Å²) in [5.74, 6) is -0.888. The first-order valence-electron chi connectivity index (χ1n) is 10.3. The number of carbonyl (C=O) groups is 1. The number of hydrogen-bond acceptors (Lipinski definition) is 3. The van der Waals surface area contributed by atoms with Crippen molar-refractivity contribution in [1.29, 1.82) is 0 Å². The lowest BCUT2D eigenvalue weighted by atomic mass is 9.54. The van der Waals surface area contributed by atoms with Gasteiger partial charge in [-0.3, -0.25) is 4.79 Å². The Bertz CT molecular complexity index is 736. The Hall–Kier alpha value is -1.76. The van der Waals surface area contributed by atoms with E-state index in [0.29, 0.717) is 36.9 Å². The first-order valence-corrected chi connectivity index (χ1v) is 10.3. The van der Waals surface area contributed by atoms with E-state index >= 15 is 0 Å². The van der Waals surface area contributed by atoms with Crippen LogP contribution in [0.25, 0.3) is 0 Å². The predicted molar refractivity (Wildman–Crippen MR) is 96.1 cm³/mol. The van der Waals surface area contributed by atoms with E-state index in [9.17, 15) is 18.0 Å². The fraction of sp³-hybridized carbons (Fsp3) is 0.667. The number of rotatable bonds is 4. The third kappa shape index (κ3) is 3.27. The molecule has 2 N–H and O–H groups in total. The Kier molecular flexibility index (Phi) is 4.53. The predicted octanol–water partition coefficient (Wildman–Crippen LogP) is 3.15. The minimum atomic E-state index is -1.07. The molecule has 6 rings (SSSR count). The summed E-state index contributed by atoms with van der Waals surface area (Å²) < 4.78 is 46.0. The summed E-state index contributed by atoms with van der Waals surface area (Å²) in [6, 6.07) is 1.01. The van der Waals surface area contributed by atoms with Crippen LogP contribution < -0.4 is 15.4 Å². The zero-order valence-electron chi connectivity index (χ0n) is 15.6. The summed E-state index contributed by atoms with van der Waals surface area (Å²) >= 11 is 0. The van der Waals surface area contributed by atoms with Crippen LogP contribution in [0.15, 0.2) is 12.1 Å². The van der Waals surface area contributed by atoms with E-state index in [1.807, 2.05) is 0 Å². The average Bonchev–Trinajstić information content (AvgIpc) is 3.09.